The van der Waals surface area contributed by atoms with Gasteiger partial charge in [0, 0.05) is 18.1 Å². The van der Waals surface area contributed by atoms with Crippen LogP contribution in [0.2, 0.25) is 0 Å². The second-order valence-corrected chi connectivity index (χ2v) is 5.27. The van der Waals surface area contributed by atoms with Gasteiger partial charge in [0.05, 0.1) is 0 Å². The zero-order valence-corrected chi connectivity index (χ0v) is 11.0. The number of anilines is 1. The summed E-state index contributed by atoms with van der Waals surface area (Å²) < 4.78 is 37.5. The third kappa shape index (κ3) is 3.96. The van der Waals surface area contributed by atoms with Crippen molar-refractivity contribution >= 4 is 17.5 Å². The van der Waals surface area contributed by atoms with Crippen LogP contribution in [0, 0.1) is 5.92 Å². The molecule has 7 heteroatoms. The fourth-order valence-corrected chi connectivity index (χ4v) is 2.59. The fraction of sp³-hybridized carbons (Fsp3) is 0.667. The van der Waals surface area contributed by atoms with E-state index in [1.807, 2.05) is 0 Å². The average molecular weight is 294 g/mol. The minimum atomic E-state index is -4.45. The number of alkyl halides is 4. The lowest BCUT2D eigenvalue weighted by Gasteiger charge is -2.27. The quantitative estimate of drug-likeness (QED) is 0.864. The third-order valence-electron chi connectivity index (χ3n) is 3.28. The molecule has 1 fully saturated rings. The van der Waals surface area contributed by atoms with E-state index < -0.39 is 11.9 Å². The molecule has 1 aromatic rings. The summed E-state index contributed by atoms with van der Waals surface area (Å²) in [4.78, 5) is 7.26. The number of nitrogens with one attached hydrogen (secondary N) is 1. The maximum atomic E-state index is 12.5. The fourth-order valence-electron chi connectivity index (χ4n) is 2.22. The second-order valence-electron chi connectivity index (χ2n) is 4.70. The molecule has 0 aromatic carbocycles. The van der Waals surface area contributed by atoms with E-state index >= 15 is 0 Å². The number of rotatable bonds is 3. The molecule has 19 heavy (non-hydrogen) atoms. The lowest BCUT2D eigenvalue weighted by atomic mass is 9.89. The first-order valence-corrected chi connectivity index (χ1v) is 6.68. The number of hydrogen-bond donors (Lipinski definition) is 1. The molecular weight excluding hydrogens is 279 g/mol. The number of hydrogen-bond acceptors (Lipinski definition) is 3. The van der Waals surface area contributed by atoms with E-state index in [9.17, 15) is 13.2 Å². The van der Waals surface area contributed by atoms with Gasteiger partial charge in [-0.2, -0.15) is 13.2 Å². The first-order chi connectivity index (χ1) is 8.97. The summed E-state index contributed by atoms with van der Waals surface area (Å²) in [5.74, 6) is 0.262. The van der Waals surface area contributed by atoms with Gasteiger partial charge in [-0.25, -0.2) is 9.97 Å². The van der Waals surface area contributed by atoms with Crippen molar-refractivity contribution in [1.82, 2.24) is 9.97 Å². The monoisotopic (exact) mass is 293 g/mol. The maximum absolute atomic E-state index is 12.5. The van der Waals surface area contributed by atoms with E-state index in [4.69, 9.17) is 11.6 Å². The van der Waals surface area contributed by atoms with Crippen LogP contribution in [-0.2, 0) is 6.18 Å². The Morgan fingerprint density at radius 2 is 2.05 bits per heavy atom. The van der Waals surface area contributed by atoms with Crippen molar-refractivity contribution in [2.75, 3.05) is 11.9 Å². The van der Waals surface area contributed by atoms with Gasteiger partial charge in [-0.15, -0.1) is 11.6 Å². The normalized spacial score (nSPS) is 24.2. The standard InChI is InChI=1S/C12H15ClF3N3/c13-9-4-2-1-3-8(9)7-18-11-17-6-5-10(19-11)12(14,15)16/h5-6,8-9H,1-4,7H2,(H,17,18,19). The lowest BCUT2D eigenvalue weighted by molar-refractivity contribution is -0.141. The highest BCUT2D eigenvalue weighted by atomic mass is 35.5. The summed E-state index contributed by atoms with van der Waals surface area (Å²) >= 11 is 6.19. The van der Waals surface area contributed by atoms with E-state index in [1.165, 1.54) is 0 Å². The molecule has 2 atom stereocenters. The summed E-state index contributed by atoms with van der Waals surface area (Å²) in [6.07, 6.45) is 0.831. The Kier molecular flexibility index (Phi) is 4.50. The van der Waals surface area contributed by atoms with E-state index in [0.29, 0.717) is 6.54 Å². The van der Waals surface area contributed by atoms with Gasteiger partial charge in [-0.3, -0.25) is 0 Å². The molecular formula is C12H15ClF3N3. The van der Waals surface area contributed by atoms with Gasteiger partial charge in [0.1, 0.15) is 5.69 Å². The topological polar surface area (TPSA) is 37.8 Å². The molecule has 1 N–H and O–H groups in total. The van der Waals surface area contributed by atoms with Crippen molar-refractivity contribution in [3.63, 3.8) is 0 Å². The molecule has 0 amide bonds. The Morgan fingerprint density at radius 3 is 2.74 bits per heavy atom. The first-order valence-electron chi connectivity index (χ1n) is 6.25. The van der Waals surface area contributed by atoms with Crippen molar-refractivity contribution in [3.05, 3.63) is 18.0 Å². The number of nitrogens with zero attached hydrogens (tertiary/aromatic N) is 2. The van der Waals surface area contributed by atoms with Crippen LogP contribution in [0.15, 0.2) is 12.3 Å². The molecule has 106 valence electrons. The number of aromatic nitrogens is 2. The Labute approximate surface area is 114 Å². The molecule has 1 saturated carbocycles. The highest BCUT2D eigenvalue weighted by Crippen LogP contribution is 2.29. The second kappa shape index (κ2) is 5.94. The summed E-state index contributed by atoms with van der Waals surface area (Å²) in [7, 11) is 0. The Hall–Kier alpha value is -1.04. The van der Waals surface area contributed by atoms with E-state index in [1.54, 1.807) is 0 Å². The minimum absolute atomic E-state index is 0.00395. The maximum Gasteiger partial charge on any atom is 0.433 e. The van der Waals surface area contributed by atoms with Crippen LogP contribution in [-0.4, -0.2) is 21.9 Å². The molecule has 0 spiro atoms. The van der Waals surface area contributed by atoms with Gasteiger partial charge in [-0.1, -0.05) is 12.8 Å². The van der Waals surface area contributed by atoms with Crippen molar-refractivity contribution in [3.8, 4) is 0 Å². The molecule has 1 aliphatic carbocycles. The predicted molar refractivity (Wildman–Crippen MR) is 67.1 cm³/mol. The Morgan fingerprint density at radius 1 is 1.32 bits per heavy atom. The van der Waals surface area contributed by atoms with Gasteiger partial charge in [0.15, 0.2) is 0 Å². The molecule has 3 nitrogen and oxygen atoms in total. The van der Waals surface area contributed by atoms with Crippen LogP contribution in [0.25, 0.3) is 0 Å². The first kappa shape index (κ1) is 14.4. The number of halogens is 4. The Bertz CT molecular complexity index is 425. The van der Waals surface area contributed by atoms with E-state index in [0.717, 1.165) is 37.9 Å². The highest BCUT2D eigenvalue weighted by molar-refractivity contribution is 6.20. The van der Waals surface area contributed by atoms with Gasteiger partial charge in [0.2, 0.25) is 5.95 Å². The molecule has 2 rings (SSSR count). The molecule has 0 saturated heterocycles. The average Bonchev–Trinajstić information content (AvgIpc) is 2.37. The smallest absolute Gasteiger partial charge is 0.354 e. The molecule has 0 aliphatic heterocycles. The molecule has 2 unspecified atom stereocenters. The van der Waals surface area contributed by atoms with Crippen molar-refractivity contribution < 1.29 is 13.2 Å². The van der Waals surface area contributed by atoms with Gasteiger partial charge in [0.25, 0.3) is 0 Å². The minimum Gasteiger partial charge on any atom is -0.354 e. The van der Waals surface area contributed by atoms with Crippen LogP contribution >= 0.6 is 11.6 Å². The molecule has 0 radical (unpaired) electrons. The van der Waals surface area contributed by atoms with Crippen LogP contribution in [0.5, 0.6) is 0 Å². The molecule has 1 aromatic heterocycles. The largest absolute Gasteiger partial charge is 0.433 e. The van der Waals surface area contributed by atoms with Crippen LogP contribution in [0.1, 0.15) is 31.4 Å². The molecule has 1 heterocycles. The van der Waals surface area contributed by atoms with E-state index in [-0.39, 0.29) is 17.2 Å². The van der Waals surface area contributed by atoms with E-state index in [2.05, 4.69) is 15.3 Å². The summed E-state index contributed by atoms with van der Waals surface area (Å²) in [6, 6.07) is 0.857. The Balaban J connectivity index is 1.96. The van der Waals surface area contributed by atoms with Gasteiger partial charge in [-0.05, 0) is 24.8 Å². The van der Waals surface area contributed by atoms with Gasteiger partial charge < -0.3 is 5.32 Å². The summed E-state index contributed by atoms with van der Waals surface area (Å²) in [6.45, 7) is 0.509. The SMILES string of the molecule is FC(F)(F)c1ccnc(NCC2CCCCC2Cl)n1. The molecule has 0 bridgehead atoms. The summed E-state index contributed by atoms with van der Waals surface area (Å²) in [5.41, 5.74) is -0.934. The highest BCUT2D eigenvalue weighted by Gasteiger charge is 2.33. The lowest BCUT2D eigenvalue weighted by Crippen LogP contribution is -2.27. The van der Waals surface area contributed by atoms with Gasteiger partial charge >= 0.3 is 6.18 Å². The zero-order chi connectivity index (χ0) is 13.9. The predicted octanol–water partition coefficient (Wildman–Crippen LogP) is 3.70. The van der Waals surface area contributed by atoms with Crippen molar-refractivity contribution in [2.24, 2.45) is 5.92 Å². The zero-order valence-electron chi connectivity index (χ0n) is 10.3. The van der Waals surface area contributed by atoms with Crippen molar-refractivity contribution in [1.29, 1.82) is 0 Å². The summed E-state index contributed by atoms with van der Waals surface area (Å²) in [5, 5.41) is 2.93. The van der Waals surface area contributed by atoms with Crippen LogP contribution in [0.3, 0.4) is 0 Å². The molecule has 1 aliphatic rings. The van der Waals surface area contributed by atoms with Crippen LogP contribution < -0.4 is 5.32 Å². The third-order valence-corrected chi connectivity index (χ3v) is 3.86. The van der Waals surface area contributed by atoms with Crippen LogP contribution in [0.4, 0.5) is 19.1 Å². The van der Waals surface area contributed by atoms with Crippen molar-refractivity contribution in [2.45, 2.75) is 37.2 Å².